The molecule has 1 heterocycles. The Morgan fingerprint density at radius 3 is 2.58 bits per heavy atom. The Morgan fingerprint density at radius 1 is 1.06 bits per heavy atom. The van der Waals surface area contributed by atoms with Gasteiger partial charge >= 0.3 is 5.97 Å². The summed E-state index contributed by atoms with van der Waals surface area (Å²) in [4.78, 5) is 15.2. The van der Waals surface area contributed by atoms with Crippen molar-refractivity contribution in [3.05, 3.63) is 89.4 Å². The molecule has 4 aromatic rings. The number of carboxylic acids is 1. The number of ether oxygens (including phenoxy) is 1. The van der Waals surface area contributed by atoms with Crippen LogP contribution in [0.15, 0.2) is 66.7 Å². The zero-order chi connectivity index (χ0) is 21.4. The Labute approximate surface area is 179 Å². The van der Waals surface area contributed by atoms with Crippen molar-refractivity contribution in [1.29, 1.82) is 0 Å². The second-order valence-corrected chi connectivity index (χ2v) is 8.11. The third-order valence-corrected chi connectivity index (χ3v) is 5.74. The van der Waals surface area contributed by atoms with Gasteiger partial charge in [0.05, 0.1) is 6.61 Å². The molecule has 5 heteroatoms. The average molecular weight is 415 g/mol. The quantitative estimate of drug-likeness (QED) is 0.386. The molecule has 1 saturated carbocycles. The molecule has 2 N–H and O–H groups in total. The standard InChI is InChI=1S/C26H22FNO3/c27-20-11-9-16(10-12-20)13-18-4-2-6-22-23(18)24(25(28-22)26(29)30)19-3-1-5-21(14-19)31-15-17-7-8-17/h1-6,9-12,14,17,28H,7-8,13,15H2,(H,29,30). The van der Waals surface area contributed by atoms with Crippen molar-refractivity contribution in [2.45, 2.75) is 19.3 Å². The Balaban J connectivity index is 1.62. The zero-order valence-electron chi connectivity index (χ0n) is 16.9. The minimum absolute atomic E-state index is 0.154. The van der Waals surface area contributed by atoms with Crippen LogP contribution in [0.3, 0.4) is 0 Å². The molecule has 0 bridgehead atoms. The van der Waals surface area contributed by atoms with Crippen LogP contribution in [-0.2, 0) is 6.42 Å². The molecule has 1 aromatic heterocycles. The number of halogens is 1. The molecule has 0 unspecified atom stereocenters. The largest absolute Gasteiger partial charge is 0.493 e. The lowest BCUT2D eigenvalue weighted by Crippen LogP contribution is -2.01. The van der Waals surface area contributed by atoms with E-state index in [9.17, 15) is 14.3 Å². The van der Waals surface area contributed by atoms with Gasteiger partial charge in [0.2, 0.25) is 0 Å². The molecule has 0 spiro atoms. The van der Waals surface area contributed by atoms with Crippen molar-refractivity contribution in [3.63, 3.8) is 0 Å². The van der Waals surface area contributed by atoms with Crippen LogP contribution in [-0.4, -0.2) is 22.7 Å². The topological polar surface area (TPSA) is 62.3 Å². The highest BCUT2D eigenvalue weighted by Gasteiger charge is 2.23. The summed E-state index contributed by atoms with van der Waals surface area (Å²) in [5, 5.41) is 10.8. The van der Waals surface area contributed by atoms with Gasteiger partial charge in [-0.1, -0.05) is 36.4 Å². The molecule has 0 amide bonds. The van der Waals surface area contributed by atoms with E-state index in [1.165, 1.54) is 25.0 Å². The van der Waals surface area contributed by atoms with Crippen molar-refractivity contribution >= 4 is 16.9 Å². The van der Waals surface area contributed by atoms with Gasteiger partial charge in [0.25, 0.3) is 0 Å². The maximum Gasteiger partial charge on any atom is 0.352 e. The highest BCUT2D eigenvalue weighted by molar-refractivity contribution is 6.08. The number of nitrogens with one attached hydrogen (secondary N) is 1. The monoisotopic (exact) mass is 415 g/mol. The normalized spacial score (nSPS) is 13.5. The molecular weight excluding hydrogens is 393 g/mol. The molecule has 0 saturated heterocycles. The number of aromatic nitrogens is 1. The van der Waals surface area contributed by atoms with E-state index in [4.69, 9.17) is 4.74 Å². The van der Waals surface area contributed by atoms with Crippen molar-refractivity contribution < 1.29 is 19.0 Å². The number of hydrogen-bond donors (Lipinski definition) is 2. The van der Waals surface area contributed by atoms with Gasteiger partial charge in [-0.3, -0.25) is 0 Å². The summed E-state index contributed by atoms with van der Waals surface area (Å²) in [6.07, 6.45) is 2.98. The van der Waals surface area contributed by atoms with Gasteiger partial charge in [0.1, 0.15) is 17.3 Å². The van der Waals surface area contributed by atoms with E-state index in [1.807, 2.05) is 42.5 Å². The second-order valence-electron chi connectivity index (χ2n) is 8.11. The number of carbonyl (C=O) groups is 1. The summed E-state index contributed by atoms with van der Waals surface area (Å²) < 4.78 is 19.3. The minimum Gasteiger partial charge on any atom is -0.493 e. The van der Waals surface area contributed by atoms with Crippen LogP contribution in [0.2, 0.25) is 0 Å². The van der Waals surface area contributed by atoms with Crippen molar-refractivity contribution in [2.24, 2.45) is 5.92 Å². The predicted octanol–water partition coefficient (Wildman–Crippen LogP) is 6.05. The van der Waals surface area contributed by atoms with E-state index in [1.54, 1.807) is 12.1 Å². The Hall–Kier alpha value is -3.60. The van der Waals surface area contributed by atoms with Crippen LogP contribution in [0.4, 0.5) is 4.39 Å². The van der Waals surface area contributed by atoms with Gasteiger partial charge in [-0.15, -0.1) is 0 Å². The number of benzene rings is 3. The highest BCUT2D eigenvalue weighted by Crippen LogP contribution is 2.37. The lowest BCUT2D eigenvalue weighted by atomic mass is 9.95. The van der Waals surface area contributed by atoms with Gasteiger partial charge < -0.3 is 14.8 Å². The summed E-state index contributed by atoms with van der Waals surface area (Å²) in [7, 11) is 0. The van der Waals surface area contributed by atoms with Crippen LogP contribution >= 0.6 is 0 Å². The zero-order valence-corrected chi connectivity index (χ0v) is 16.9. The maximum atomic E-state index is 13.3. The van der Waals surface area contributed by atoms with E-state index in [2.05, 4.69) is 4.98 Å². The SMILES string of the molecule is O=C(O)c1[nH]c2cccc(Cc3ccc(F)cc3)c2c1-c1cccc(OCC2CC2)c1. The summed E-state index contributed by atoms with van der Waals surface area (Å²) in [5.41, 5.74) is 4.30. The molecule has 0 atom stereocenters. The van der Waals surface area contributed by atoms with Gasteiger partial charge in [0, 0.05) is 16.5 Å². The number of carboxylic acid groups (broad SMARTS) is 1. The Kier molecular flexibility index (Phi) is 4.94. The molecule has 5 rings (SSSR count). The van der Waals surface area contributed by atoms with Crippen LogP contribution in [0, 0.1) is 11.7 Å². The van der Waals surface area contributed by atoms with E-state index < -0.39 is 5.97 Å². The van der Waals surface area contributed by atoms with E-state index in [0.717, 1.165) is 33.3 Å². The fourth-order valence-electron chi connectivity index (χ4n) is 3.98. The first kappa shape index (κ1) is 19.4. The average Bonchev–Trinajstić information content (AvgIpc) is 3.51. The van der Waals surface area contributed by atoms with Gasteiger partial charge in [-0.2, -0.15) is 0 Å². The maximum absolute atomic E-state index is 13.3. The minimum atomic E-state index is -1.01. The molecule has 0 radical (unpaired) electrons. The molecule has 156 valence electrons. The van der Waals surface area contributed by atoms with Gasteiger partial charge in [-0.05, 0) is 72.2 Å². The summed E-state index contributed by atoms with van der Waals surface area (Å²) in [6, 6.07) is 19.8. The number of aromatic carboxylic acids is 1. The molecule has 1 aliphatic rings. The van der Waals surface area contributed by atoms with Crippen molar-refractivity contribution in [1.82, 2.24) is 4.98 Å². The summed E-state index contributed by atoms with van der Waals surface area (Å²) >= 11 is 0. The molecule has 1 aliphatic carbocycles. The van der Waals surface area contributed by atoms with Crippen molar-refractivity contribution in [3.8, 4) is 16.9 Å². The number of fused-ring (bicyclic) bond motifs is 1. The summed E-state index contributed by atoms with van der Waals surface area (Å²) in [5.74, 6) is 0.0865. The molecule has 0 aliphatic heterocycles. The third-order valence-electron chi connectivity index (χ3n) is 5.74. The smallest absolute Gasteiger partial charge is 0.352 e. The first-order chi connectivity index (χ1) is 15.1. The van der Waals surface area contributed by atoms with Crippen LogP contribution < -0.4 is 4.74 Å². The van der Waals surface area contributed by atoms with E-state index >= 15 is 0 Å². The number of H-pyrrole nitrogens is 1. The lowest BCUT2D eigenvalue weighted by Gasteiger charge is -2.10. The first-order valence-electron chi connectivity index (χ1n) is 10.4. The molecule has 31 heavy (non-hydrogen) atoms. The molecular formula is C26H22FNO3. The fraction of sp³-hybridized carbons (Fsp3) is 0.192. The highest BCUT2D eigenvalue weighted by atomic mass is 19.1. The van der Waals surface area contributed by atoms with Gasteiger partial charge in [-0.25, -0.2) is 9.18 Å². The number of hydrogen-bond acceptors (Lipinski definition) is 2. The molecule has 1 fully saturated rings. The number of aromatic amines is 1. The Bertz CT molecular complexity index is 1260. The predicted molar refractivity (Wildman–Crippen MR) is 118 cm³/mol. The fourth-order valence-corrected chi connectivity index (χ4v) is 3.98. The first-order valence-corrected chi connectivity index (χ1v) is 10.4. The van der Waals surface area contributed by atoms with Gasteiger partial charge in [0.15, 0.2) is 0 Å². The van der Waals surface area contributed by atoms with E-state index in [-0.39, 0.29) is 11.5 Å². The van der Waals surface area contributed by atoms with Crippen LogP contribution in [0.5, 0.6) is 5.75 Å². The molecule has 3 aromatic carbocycles. The molecule has 4 nitrogen and oxygen atoms in total. The third kappa shape index (κ3) is 4.04. The Morgan fingerprint density at radius 2 is 1.84 bits per heavy atom. The number of rotatable bonds is 7. The van der Waals surface area contributed by atoms with Crippen molar-refractivity contribution in [2.75, 3.05) is 6.61 Å². The van der Waals surface area contributed by atoms with Crippen LogP contribution in [0.1, 0.15) is 34.5 Å². The summed E-state index contributed by atoms with van der Waals surface area (Å²) in [6.45, 7) is 0.693. The van der Waals surface area contributed by atoms with Crippen LogP contribution in [0.25, 0.3) is 22.0 Å². The second kappa shape index (κ2) is 7.91. The van der Waals surface area contributed by atoms with E-state index in [0.29, 0.717) is 24.5 Å². The lowest BCUT2D eigenvalue weighted by molar-refractivity contribution is 0.0692.